The van der Waals surface area contributed by atoms with Gasteiger partial charge in [0.05, 0.1) is 0 Å². The SMILES string of the molecule is O=C(O)CCCCCCCCCCCCCCCCCO.O=C(O)CCCCCCCCCCCCCCCO. The maximum atomic E-state index is 10.3. The third-order valence-electron chi connectivity index (χ3n) is 7.60. The number of aliphatic carboxylic acids is 2. The number of aliphatic hydroxyl groups excluding tert-OH is 2. The molecule has 6 nitrogen and oxygen atoms in total. The number of carbonyl (C=O) groups is 2. The van der Waals surface area contributed by atoms with E-state index < -0.39 is 11.9 Å². The van der Waals surface area contributed by atoms with Crippen molar-refractivity contribution in [1.82, 2.24) is 0 Å². The van der Waals surface area contributed by atoms with E-state index in [2.05, 4.69) is 0 Å². The van der Waals surface area contributed by atoms with Crippen LogP contribution in [0, 0.1) is 0 Å². The molecule has 0 aliphatic heterocycles. The topological polar surface area (TPSA) is 115 Å². The quantitative estimate of drug-likeness (QED) is 0.0596. The second kappa shape index (κ2) is 37.9. The summed E-state index contributed by atoms with van der Waals surface area (Å²) >= 11 is 0. The molecule has 0 unspecified atom stereocenters. The normalized spacial score (nSPS) is 10.8. The van der Waals surface area contributed by atoms with Gasteiger partial charge in [-0.15, -0.1) is 0 Å². The van der Waals surface area contributed by atoms with Crippen molar-refractivity contribution in [2.24, 2.45) is 0 Å². The summed E-state index contributed by atoms with van der Waals surface area (Å²) in [6, 6.07) is 0. The molecule has 40 heavy (non-hydrogen) atoms. The van der Waals surface area contributed by atoms with Crippen molar-refractivity contribution in [3.8, 4) is 0 Å². The van der Waals surface area contributed by atoms with Gasteiger partial charge in [-0.05, 0) is 25.7 Å². The van der Waals surface area contributed by atoms with Crippen LogP contribution in [0.3, 0.4) is 0 Å². The summed E-state index contributed by atoms with van der Waals surface area (Å²) in [5, 5.41) is 34.3. The minimum atomic E-state index is -0.668. The standard InChI is InChI=1S/C18H36O3.C16H32O3/c19-17-15-13-11-9-7-5-3-1-2-4-6-8-10-12-14-16-18(20)21;17-15-13-11-9-7-5-3-1-2-4-6-8-10-12-14-16(18)19/h19H,1-17H2,(H,20,21);17H,1-15H2,(H,18,19). The van der Waals surface area contributed by atoms with Crippen molar-refractivity contribution in [2.45, 2.75) is 193 Å². The Balaban J connectivity index is 0. The Morgan fingerprint density at radius 3 is 0.575 bits per heavy atom. The Morgan fingerprint density at radius 1 is 0.275 bits per heavy atom. The summed E-state index contributed by atoms with van der Waals surface area (Å²) in [5.74, 6) is -1.33. The van der Waals surface area contributed by atoms with E-state index in [4.69, 9.17) is 20.4 Å². The Bertz CT molecular complexity index is 497. The molecule has 0 aromatic carbocycles. The lowest BCUT2D eigenvalue weighted by atomic mass is 10.0. The monoisotopic (exact) mass is 573 g/mol. The van der Waals surface area contributed by atoms with Gasteiger partial charge in [0, 0.05) is 26.1 Å². The van der Waals surface area contributed by atoms with Gasteiger partial charge in [0.15, 0.2) is 0 Å². The second-order valence-electron chi connectivity index (χ2n) is 11.6. The highest BCUT2D eigenvalue weighted by molar-refractivity contribution is 5.66. The fourth-order valence-electron chi connectivity index (χ4n) is 5.02. The average Bonchev–Trinajstić information content (AvgIpc) is 2.93. The van der Waals surface area contributed by atoms with Crippen LogP contribution in [0.1, 0.15) is 193 Å². The first-order chi connectivity index (χ1) is 19.5. The number of hydrogen-bond acceptors (Lipinski definition) is 4. The molecule has 0 amide bonds. The molecule has 240 valence electrons. The molecule has 0 aliphatic rings. The summed E-state index contributed by atoms with van der Waals surface area (Å²) in [5.41, 5.74) is 0. The van der Waals surface area contributed by atoms with Crippen molar-refractivity contribution in [2.75, 3.05) is 13.2 Å². The van der Waals surface area contributed by atoms with Crippen LogP contribution in [0.5, 0.6) is 0 Å². The van der Waals surface area contributed by atoms with Crippen LogP contribution in [-0.2, 0) is 9.59 Å². The zero-order chi connectivity index (χ0) is 29.8. The number of unbranched alkanes of at least 4 members (excludes halogenated alkanes) is 26. The van der Waals surface area contributed by atoms with Crippen molar-refractivity contribution >= 4 is 11.9 Å². The lowest BCUT2D eigenvalue weighted by molar-refractivity contribution is -0.138. The van der Waals surface area contributed by atoms with E-state index >= 15 is 0 Å². The maximum Gasteiger partial charge on any atom is 0.303 e. The van der Waals surface area contributed by atoms with Gasteiger partial charge >= 0.3 is 11.9 Å². The van der Waals surface area contributed by atoms with E-state index in [1.54, 1.807) is 0 Å². The van der Waals surface area contributed by atoms with Crippen molar-refractivity contribution < 1.29 is 30.0 Å². The molecule has 4 N–H and O–H groups in total. The zero-order valence-corrected chi connectivity index (χ0v) is 26.2. The second-order valence-corrected chi connectivity index (χ2v) is 11.6. The number of rotatable bonds is 32. The highest BCUT2D eigenvalue weighted by Gasteiger charge is 1.98. The minimum absolute atomic E-state index is 0.330. The van der Waals surface area contributed by atoms with Gasteiger partial charge in [-0.1, -0.05) is 154 Å². The molecule has 0 heterocycles. The molecule has 0 rings (SSSR count). The van der Waals surface area contributed by atoms with Gasteiger partial charge in [0.1, 0.15) is 0 Å². The van der Waals surface area contributed by atoms with Gasteiger partial charge in [-0.25, -0.2) is 0 Å². The van der Waals surface area contributed by atoms with Crippen LogP contribution in [0.2, 0.25) is 0 Å². The number of aliphatic hydroxyl groups is 2. The average molecular weight is 573 g/mol. The lowest BCUT2D eigenvalue weighted by Gasteiger charge is -2.03. The molecule has 0 saturated carbocycles. The van der Waals surface area contributed by atoms with Crippen molar-refractivity contribution in [1.29, 1.82) is 0 Å². The molecular weight excluding hydrogens is 504 g/mol. The van der Waals surface area contributed by atoms with Gasteiger partial charge < -0.3 is 20.4 Å². The van der Waals surface area contributed by atoms with Gasteiger partial charge in [-0.3, -0.25) is 9.59 Å². The molecule has 0 aliphatic carbocycles. The van der Waals surface area contributed by atoms with Gasteiger partial charge in [-0.2, -0.15) is 0 Å². The maximum absolute atomic E-state index is 10.3. The largest absolute Gasteiger partial charge is 0.481 e. The molecule has 0 spiro atoms. The molecule has 0 atom stereocenters. The summed E-state index contributed by atoms with van der Waals surface area (Å²) < 4.78 is 0. The molecule has 0 fully saturated rings. The number of hydrogen-bond donors (Lipinski definition) is 4. The van der Waals surface area contributed by atoms with E-state index in [0.29, 0.717) is 26.1 Å². The summed E-state index contributed by atoms with van der Waals surface area (Å²) in [6.07, 6.45) is 35.0. The zero-order valence-electron chi connectivity index (χ0n) is 26.2. The predicted molar refractivity (Wildman–Crippen MR) is 168 cm³/mol. The van der Waals surface area contributed by atoms with E-state index in [1.807, 2.05) is 0 Å². The fraction of sp³-hybridized carbons (Fsp3) is 0.941. The molecule has 0 bridgehead atoms. The molecule has 0 saturated heterocycles. The first-order valence-corrected chi connectivity index (χ1v) is 17.2. The molecule has 0 aromatic heterocycles. The third-order valence-corrected chi connectivity index (χ3v) is 7.60. The Morgan fingerprint density at radius 2 is 0.425 bits per heavy atom. The summed E-state index contributed by atoms with van der Waals surface area (Å²) in [6.45, 7) is 0.687. The van der Waals surface area contributed by atoms with Crippen molar-refractivity contribution in [3.63, 3.8) is 0 Å². The smallest absolute Gasteiger partial charge is 0.303 e. The van der Waals surface area contributed by atoms with Crippen LogP contribution < -0.4 is 0 Å². The van der Waals surface area contributed by atoms with E-state index in [9.17, 15) is 9.59 Å². The third kappa shape index (κ3) is 43.9. The number of carboxylic acid groups (broad SMARTS) is 2. The Hall–Kier alpha value is -1.14. The first-order valence-electron chi connectivity index (χ1n) is 17.2. The molecular formula is C34H68O6. The number of carboxylic acids is 2. The minimum Gasteiger partial charge on any atom is -0.481 e. The highest BCUT2D eigenvalue weighted by Crippen LogP contribution is 2.14. The van der Waals surface area contributed by atoms with E-state index in [1.165, 1.54) is 141 Å². The highest BCUT2D eigenvalue weighted by atomic mass is 16.4. The van der Waals surface area contributed by atoms with Crippen molar-refractivity contribution in [3.05, 3.63) is 0 Å². The molecule has 6 heteroatoms. The van der Waals surface area contributed by atoms with Crippen LogP contribution in [0.15, 0.2) is 0 Å². The lowest BCUT2D eigenvalue weighted by Crippen LogP contribution is -1.93. The summed E-state index contributed by atoms with van der Waals surface area (Å²) in [7, 11) is 0. The van der Waals surface area contributed by atoms with Crippen LogP contribution in [0.25, 0.3) is 0 Å². The summed E-state index contributed by atoms with van der Waals surface area (Å²) in [4.78, 5) is 20.6. The Labute approximate surface area is 247 Å². The van der Waals surface area contributed by atoms with Gasteiger partial charge in [0.25, 0.3) is 0 Å². The van der Waals surface area contributed by atoms with Crippen LogP contribution in [-0.4, -0.2) is 45.6 Å². The predicted octanol–water partition coefficient (Wildman–Crippen LogP) is 9.83. The van der Waals surface area contributed by atoms with E-state index in [-0.39, 0.29) is 0 Å². The van der Waals surface area contributed by atoms with Gasteiger partial charge in [0.2, 0.25) is 0 Å². The fourth-order valence-corrected chi connectivity index (χ4v) is 5.02. The Kier molecular flexibility index (Phi) is 38.8. The van der Waals surface area contributed by atoms with E-state index in [0.717, 1.165) is 38.5 Å². The van der Waals surface area contributed by atoms with Crippen LogP contribution in [0.4, 0.5) is 0 Å². The van der Waals surface area contributed by atoms with Crippen LogP contribution >= 0.6 is 0 Å². The molecule has 0 aromatic rings. The first kappa shape index (κ1) is 41.0. The molecule has 0 radical (unpaired) electrons.